The second kappa shape index (κ2) is 5.17. The molecule has 0 N–H and O–H groups in total. The van der Waals surface area contributed by atoms with Crippen LogP contribution >= 0.6 is 0 Å². The molecule has 0 aromatic rings. The third-order valence-electron chi connectivity index (χ3n) is 3.96. The maximum Gasteiger partial charge on any atom is 0.252 e. The van der Waals surface area contributed by atoms with E-state index in [0.717, 1.165) is 12.8 Å². The van der Waals surface area contributed by atoms with Crippen LogP contribution in [0.2, 0.25) is 0 Å². The van der Waals surface area contributed by atoms with Crippen LogP contribution in [0.5, 0.6) is 0 Å². The van der Waals surface area contributed by atoms with Gasteiger partial charge in [0.05, 0.1) is 0 Å². The van der Waals surface area contributed by atoms with Gasteiger partial charge in [0.2, 0.25) is 0 Å². The molecule has 3 unspecified atom stereocenters. The van der Waals surface area contributed by atoms with Gasteiger partial charge >= 0.3 is 0 Å². The predicted octanol–water partition coefficient (Wildman–Crippen LogP) is 1.24. The molecule has 96 valence electrons. The first-order chi connectivity index (χ1) is 8.13. The third-order valence-corrected chi connectivity index (χ3v) is 3.96. The normalized spacial score (nSPS) is 34.1. The number of carbonyl (C=O) groups excluding carboxylic acids is 2. The van der Waals surface area contributed by atoms with Gasteiger partial charge in [0.25, 0.3) is 5.91 Å². The van der Waals surface area contributed by atoms with Crippen LogP contribution in [0.15, 0.2) is 0 Å². The van der Waals surface area contributed by atoms with E-state index in [1.807, 2.05) is 11.8 Å². The molecule has 2 heterocycles. The Labute approximate surface area is 102 Å². The molecular formula is C13H21NO3. The van der Waals surface area contributed by atoms with E-state index >= 15 is 0 Å². The average molecular weight is 239 g/mol. The number of ether oxygens (including phenoxy) is 1. The highest BCUT2D eigenvalue weighted by Crippen LogP contribution is 2.24. The Morgan fingerprint density at radius 1 is 1.53 bits per heavy atom. The van der Waals surface area contributed by atoms with E-state index < -0.39 is 0 Å². The number of amides is 1. The fourth-order valence-electron chi connectivity index (χ4n) is 2.66. The second-order valence-electron chi connectivity index (χ2n) is 5.16. The molecule has 0 spiro atoms. The van der Waals surface area contributed by atoms with Crippen LogP contribution in [-0.4, -0.2) is 42.4 Å². The highest BCUT2D eigenvalue weighted by molar-refractivity contribution is 5.87. The van der Waals surface area contributed by atoms with Crippen LogP contribution in [0.4, 0.5) is 0 Å². The van der Waals surface area contributed by atoms with Gasteiger partial charge < -0.3 is 9.64 Å². The summed E-state index contributed by atoms with van der Waals surface area (Å²) in [5.41, 5.74) is 0. The Morgan fingerprint density at radius 3 is 2.88 bits per heavy atom. The maximum atomic E-state index is 12.3. The smallest absolute Gasteiger partial charge is 0.252 e. The van der Waals surface area contributed by atoms with Crippen molar-refractivity contribution in [1.82, 2.24) is 4.90 Å². The molecule has 4 nitrogen and oxygen atoms in total. The van der Waals surface area contributed by atoms with Crippen LogP contribution in [0.1, 0.15) is 33.1 Å². The van der Waals surface area contributed by atoms with Crippen molar-refractivity contribution in [2.75, 3.05) is 19.7 Å². The Morgan fingerprint density at radius 2 is 2.29 bits per heavy atom. The topological polar surface area (TPSA) is 46.6 Å². The molecular weight excluding hydrogens is 218 g/mol. The Balaban J connectivity index is 1.98. The van der Waals surface area contributed by atoms with Crippen LogP contribution in [-0.2, 0) is 14.3 Å². The van der Waals surface area contributed by atoms with Gasteiger partial charge in [0.1, 0.15) is 11.9 Å². The summed E-state index contributed by atoms with van der Waals surface area (Å²) in [5, 5.41) is 0. The monoisotopic (exact) mass is 239 g/mol. The Hall–Kier alpha value is -0.900. The zero-order valence-corrected chi connectivity index (χ0v) is 10.6. The number of hydrogen-bond acceptors (Lipinski definition) is 3. The number of nitrogens with zero attached hydrogens (tertiary/aromatic N) is 1. The molecule has 1 amide bonds. The summed E-state index contributed by atoms with van der Waals surface area (Å²) in [6.45, 7) is 5.90. The summed E-state index contributed by atoms with van der Waals surface area (Å²) in [5.74, 6) is 0.725. The molecule has 2 fully saturated rings. The van der Waals surface area contributed by atoms with E-state index in [0.29, 0.717) is 37.8 Å². The number of ketones is 1. The number of likely N-dealkylation sites (tertiary alicyclic amines) is 1. The fourth-order valence-corrected chi connectivity index (χ4v) is 2.66. The fraction of sp³-hybridized carbons (Fsp3) is 0.846. The van der Waals surface area contributed by atoms with Crippen molar-refractivity contribution in [3.63, 3.8) is 0 Å². The molecule has 2 rings (SSSR count). The highest BCUT2D eigenvalue weighted by Gasteiger charge is 2.37. The minimum Gasteiger partial charge on any atom is -0.368 e. The zero-order chi connectivity index (χ0) is 12.4. The second-order valence-corrected chi connectivity index (χ2v) is 5.16. The minimum atomic E-state index is -0.277. The van der Waals surface area contributed by atoms with Gasteiger partial charge in [-0.05, 0) is 18.8 Å². The Bertz CT molecular complexity index is 316. The van der Waals surface area contributed by atoms with Gasteiger partial charge in [0.15, 0.2) is 0 Å². The van der Waals surface area contributed by atoms with Crippen LogP contribution < -0.4 is 0 Å². The molecule has 2 saturated heterocycles. The molecule has 0 aliphatic carbocycles. The van der Waals surface area contributed by atoms with Crippen molar-refractivity contribution >= 4 is 11.7 Å². The van der Waals surface area contributed by atoms with Crippen molar-refractivity contribution < 1.29 is 14.3 Å². The largest absolute Gasteiger partial charge is 0.368 e. The molecule has 0 aromatic carbocycles. The lowest BCUT2D eigenvalue weighted by atomic mass is 9.93. The molecule has 0 aromatic heterocycles. The first kappa shape index (κ1) is 12.6. The lowest BCUT2D eigenvalue weighted by molar-refractivity contribution is -0.146. The van der Waals surface area contributed by atoms with E-state index in [1.165, 1.54) is 0 Å². The predicted molar refractivity (Wildman–Crippen MR) is 63.5 cm³/mol. The first-order valence-corrected chi connectivity index (χ1v) is 6.56. The first-order valence-electron chi connectivity index (χ1n) is 6.56. The van der Waals surface area contributed by atoms with E-state index in [4.69, 9.17) is 4.74 Å². The van der Waals surface area contributed by atoms with Crippen LogP contribution in [0, 0.1) is 11.8 Å². The molecule has 17 heavy (non-hydrogen) atoms. The third kappa shape index (κ3) is 2.51. The van der Waals surface area contributed by atoms with E-state index in [1.54, 1.807) is 0 Å². The zero-order valence-electron chi connectivity index (χ0n) is 10.6. The van der Waals surface area contributed by atoms with Gasteiger partial charge in [-0.2, -0.15) is 0 Å². The Kier molecular flexibility index (Phi) is 3.82. The number of Topliss-reactive ketones (excluding diaryl/α,β-unsaturated/α-hetero) is 1. The van der Waals surface area contributed by atoms with E-state index in [9.17, 15) is 9.59 Å². The minimum absolute atomic E-state index is 0.0319. The lowest BCUT2D eigenvalue weighted by Gasteiger charge is -2.33. The molecule has 0 bridgehead atoms. The molecule has 0 radical (unpaired) electrons. The summed E-state index contributed by atoms with van der Waals surface area (Å²) >= 11 is 0. The van der Waals surface area contributed by atoms with E-state index in [-0.39, 0.29) is 17.9 Å². The van der Waals surface area contributed by atoms with Crippen molar-refractivity contribution in [3.8, 4) is 0 Å². The van der Waals surface area contributed by atoms with Gasteiger partial charge in [0, 0.05) is 32.0 Å². The van der Waals surface area contributed by atoms with Gasteiger partial charge in [-0.15, -0.1) is 0 Å². The van der Waals surface area contributed by atoms with Crippen molar-refractivity contribution in [3.05, 3.63) is 0 Å². The molecule has 4 heteroatoms. The summed E-state index contributed by atoms with van der Waals surface area (Å²) in [4.78, 5) is 25.7. The number of rotatable bonds is 2. The summed E-state index contributed by atoms with van der Waals surface area (Å²) in [6, 6.07) is 0. The van der Waals surface area contributed by atoms with Crippen LogP contribution in [0.25, 0.3) is 0 Å². The summed E-state index contributed by atoms with van der Waals surface area (Å²) < 4.78 is 5.50. The maximum absolute atomic E-state index is 12.3. The molecule has 3 atom stereocenters. The van der Waals surface area contributed by atoms with E-state index in [2.05, 4.69) is 6.92 Å². The lowest BCUT2D eigenvalue weighted by Crippen LogP contribution is -2.48. The number of carbonyl (C=O) groups is 2. The quantitative estimate of drug-likeness (QED) is 0.728. The van der Waals surface area contributed by atoms with Crippen molar-refractivity contribution in [2.45, 2.75) is 39.2 Å². The van der Waals surface area contributed by atoms with Crippen LogP contribution in [0.3, 0.4) is 0 Å². The average Bonchev–Trinajstić information content (AvgIpc) is 2.75. The number of piperidine rings is 1. The summed E-state index contributed by atoms with van der Waals surface area (Å²) in [7, 11) is 0. The molecule has 2 aliphatic rings. The molecule has 2 aliphatic heterocycles. The highest BCUT2D eigenvalue weighted by atomic mass is 16.5. The van der Waals surface area contributed by atoms with Gasteiger partial charge in [-0.1, -0.05) is 13.8 Å². The van der Waals surface area contributed by atoms with Crippen molar-refractivity contribution in [1.29, 1.82) is 0 Å². The van der Waals surface area contributed by atoms with Crippen molar-refractivity contribution in [2.24, 2.45) is 11.8 Å². The van der Waals surface area contributed by atoms with Gasteiger partial charge in [-0.25, -0.2) is 0 Å². The summed E-state index contributed by atoms with van der Waals surface area (Å²) in [6.07, 6.45) is 2.01. The molecule has 0 saturated carbocycles. The number of hydrogen-bond donors (Lipinski definition) is 0. The SMILES string of the molecule is CCC1CN(C(=O)C2OCCC2C)CCC1=O. The van der Waals surface area contributed by atoms with Gasteiger partial charge in [-0.3, -0.25) is 9.59 Å². The standard InChI is InChI=1S/C13H21NO3/c1-3-10-8-14(6-4-11(10)15)13(16)12-9(2)5-7-17-12/h9-10,12H,3-8H2,1-2H3.